The van der Waals surface area contributed by atoms with Crippen LogP contribution in [0.15, 0.2) is 73.1 Å². The number of amides is 1. The van der Waals surface area contributed by atoms with Gasteiger partial charge in [-0.15, -0.1) is 0 Å². The first kappa shape index (κ1) is 16.7. The van der Waals surface area contributed by atoms with Crippen LogP contribution >= 0.6 is 0 Å². The van der Waals surface area contributed by atoms with Crippen molar-refractivity contribution in [2.75, 3.05) is 0 Å². The summed E-state index contributed by atoms with van der Waals surface area (Å²) < 4.78 is 1.81. The van der Waals surface area contributed by atoms with E-state index in [1.165, 1.54) is 0 Å². The number of carbonyl (C=O) groups is 1. The highest BCUT2D eigenvalue weighted by atomic mass is 16.1. The molecule has 0 atom stereocenters. The van der Waals surface area contributed by atoms with Crippen LogP contribution in [0.25, 0.3) is 16.6 Å². The molecule has 1 aliphatic rings. The van der Waals surface area contributed by atoms with E-state index in [9.17, 15) is 4.79 Å². The zero-order valence-corrected chi connectivity index (χ0v) is 15.4. The number of carbonyl (C=O) groups excluding carboxylic acids is 1. The average molecular weight is 368 g/mol. The maximum Gasteiger partial charge on any atom is 0.252 e. The second-order valence-electron chi connectivity index (χ2n) is 7.15. The minimum absolute atomic E-state index is 0.0734. The third kappa shape index (κ3) is 3.16. The fourth-order valence-corrected chi connectivity index (χ4v) is 3.54. The second kappa shape index (κ2) is 6.93. The van der Waals surface area contributed by atoms with Crippen LogP contribution in [0.1, 0.15) is 40.4 Å². The van der Waals surface area contributed by atoms with Crippen molar-refractivity contribution in [2.24, 2.45) is 0 Å². The number of nitrogens with zero attached hydrogens (tertiary/aromatic N) is 3. The third-order valence-electron chi connectivity index (χ3n) is 5.16. The normalized spacial score (nSPS) is 13.6. The van der Waals surface area contributed by atoms with Gasteiger partial charge in [-0.2, -0.15) is 5.10 Å². The second-order valence-corrected chi connectivity index (χ2v) is 7.15. The van der Waals surface area contributed by atoms with E-state index >= 15 is 0 Å². The Labute approximate surface area is 163 Å². The molecule has 1 saturated carbocycles. The summed E-state index contributed by atoms with van der Waals surface area (Å²) in [4.78, 5) is 17.8. The molecule has 1 aliphatic carbocycles. The summed E-state index contributed by atoms with van der Waals surface area (Å²) in [7, 11) is 0. The van der Waals surface area contributed by atoms with E-state index in [2.05, 4.69) is 10.4 Å². The molecule has 138 valence electrons. The van der Waals surface area contributed by atoms with Crippen molar-refractivity contribution in [3.8, 4) is 5.69 Å². The number of benzene rings is 2. The monoisotopic (exact) mass is 368 g/mol. The van der Waals surface area contributed by atoms with Crippen LogP contribution < -0.4 is 5.32 Å². The van der Waals surface area contributed by atoms with Gasteiger partial charge >= 0.3 is 0 Å². The summed E-state index contributed by atoms with van der Waals surface area (Å²) in [6.45, 7) is 0.435. The smallest absolute Gasteiger partial charge is 0.252 e. The Bertz CT molecular complexity index is 1150. The molecule has 0 unspecified atom stereocenters. The maximum atomic E-state index is 13.1. The number of hydrogen-bond acceptors (Lipinski definition) is 3. The van der Waals surface area contributed by atoms with Crippen LogP contribution in [0.4, 0.5) is 0 Å². The Kier molecular flexibility index (Phi) is 4.13. The van der Waals surface area contributed by atoms with Crippen molar-refractivity contribution < 1.29 is 4.79 Å². The standard InChI is InChI=1S/C23H20N4O/c28-23(24-15-17-6-1-4-9-22(17)27-13-5-12-25-27)19-14-21(16-10-11-16)26-20-8-3-2-7-18(19)20/h1-9,12-14,16H,10-11,15H2,(H,24,28). The largest absolute Gasteiger partial charge is 0.348 e. The molecule has 1 fully saturated rings. The Morgan fingerprint density at radius 2 is 1.89 bits per heavy atom. The van der Waals surface area contributed by atoms with Crippen molar-refractivity contribution in [3.63, 3.8) is 0 Å². The molecule has 0 radical (unpaired) electrons. The van der Waals surface area contributed by atoms with Crippen molar-refractivity contribution in [1.82, 2.24) is 20.1 Å². The van der Waals surface area contributed by atoms with Gasteiger partial charge < -0.3 is 5.32 Å². The van der Waals surface area contributed by atoms with Crippen LogP contribution in [0.5, 0.6) is 0 Å². The molecule has 0 spiro atoms. The number of pyridine rings is 1. The molecule has 2 aromatic carbocycles. The topological polar surface area (TPSA) is 59.8 Å². The van der Waals surface area contributed by atoms with Gasteiger partial charge in [-0.25, -0.2) is 4.68 Å². The molecule has 1 amide bonds. The summed E-state index contributed by atoms with van der Waals surface area (Å²) in [5, 5.41) is 8.29. The van der Waals surface area contributed by atoms with Crippen LogP contribution in [0, 0.1) is 0 Å². The van der Waals surface area contributed by atoms with Crippen LogP contribution in [0.2, 0.25) is 0 Å². The van der Waals surface area contributed by atoms with E-state index in [-0.39, 0.29) is 5.91 Å². The Hall–Kier alpha value is -3.47. The molecule has 0 saturated heterocycles. The summed E-state index contributed by atoms with van der Waals surface area (Å²) in [6.07, 6.45) is 5.96. The predicted molar refractivity (Wildman–Crippen MR) is 108 cm³/mol. The summed E-state index contributed by atoms with van der Waals surface area (Å²) in [6, 6.07) is 19.7. The number of nitrogens with one attached hydrogen (secondary N) is 1. The molecule has 4 aromatic rings. The molecule has 0 aliphatic heterocycles. The zero-order chi connectivity index (χ0) is 18.9. The lowest BCUT2D eigenvalue weighted by atomic mass is 10.0. The minimum Gasteiger partial charge on any atom is -0.348 e. The molecular weight excluding hydrogens is 348 g/mol. The van der Waals surface area contributed by atoms with Crippen LogP contribution in [0.3, 0.4) is 0 Å². The van der Waals surface area contributed by atoms with Gasteiger partial charge in [-0.05, 0) is 42.7 Å². The number of aromatic nitrogens is 3. The molecular formula is C23H20N4O. The first-order chi connectivity index (χ1) is 13.8. The van der Waals surface area contributed by atoms with Crippen molar-refractivity contribution >= 4 is 16.8 Å². The highest BCUT2D eigenvalue weighted by Gasteiger charge is 2.26. The van der Waals surface area contributed by atoms with Crippen LogP contribution in [-0.2, 0) is 6.54 Å². The highest BCUT2D eigenvalue weighted by Crippen LogP contribution is 2.40. The van der Waals surface area contributed by atoms with Gasteiger partial charge in [0.25, 0.3) is 5.91 Å². The number of para-hydroxylation sites is 2. The Morgan fingerprint density at radius 1 is 1.07 bits per heavy atom. The summed E-state index contributed by atoms with van der Waals surface area (Å²) >= 11 is 0. The SMILES string of the molecule is O=C(NCc1ccccc1-n1cccn1)c1cc(C2CC2)nc2ccccc12. The number of rotatable bonds is 5. The molecule has 5 nitrogen and oxygen atoms in total. The maximum absolute atomic E-state index is 13.1. The first-order valence-corrected chi connectivity index (χ1v) is 9.55. The average Bonchev–Trinajstić information content (AvgIpc) is 3.45. The Balaban J connectivity index is 1.44. The molecule has 2 heterocycles. The van der Waals surface area contributed by atoms with Gasteiger partial charge in [-0.3, -0.25) is 9.78 Å². The number of fused-ring (bicyclic) bond motifs is 1. The lowest BCUT2D eigenvalue weighted by molar-refractivity contribution is 0.0952. The van der Waals surface area contributed by atoms with Gasteiger partial charge in [0.05, 0.1) is 16.8 Å². The molecule has 28 heavy (non-hydrogen) atoms. The fourth-order valence-electron chi connectivity index (χ4n) is 3.54. The van der Waals surface area contributed by atoms with E-state index in [0.717, 1.165) is 40.7 Å². The molecule has 5 rings (SSSR count). The molecule has 1 N–H and O–H groups in total. The van der Waals surface area contributed by atoms with E-state index in [1.807, 2.05) is 71.5 Å². The van der Waals surface area contributed by atoms with Gasteiger partial charge in [0.15, 0.2) is 0 Å². The van der Waals surface area contributed by atoms with Crippen molar-refractivity contribution in [2.45, 2.75) is 25.3 Å². The van der Waals surface area contributed by atoms with Crippen molar-refractivity contribution in [1.29, 1.82) is 0 Å². The molecule has 0 bridgehead atoms. The fraction of sp³-hybridized carbons (Fsp3) is 0.174. The van der Waals surface area contributed by atoms with E-state index in [0.29, 0.717) is 18.0 Å². The molecule has 2 aromatic heterocycles. The zero-order valence-electron chi connectivity index (χ0n) is 15.4. The molecule has 5 heteroatoms. The van der Waals surface area contributed by atoms with Crippen LogP contribution in [-0.4, -0.2) is 20.7 Å². The lowest BCUT2D eigenvalue weighted by Crippen LogP contribution is -2.24. The van der Waals surface area contributed by atoms with Crippen molar-refractivity contribution in [3.05, 3.63) is 89.9 Å². The van der Waals surface area contributed by atoms with E-state index in [1.54, 1.807) is 6.20 Å². The predicted octanol–water partition coefficient (Wildman–Crippen LogP) is 4.23. The quantitative estimate of drug-likeness (QED) is 0.573. The van der Waals surface area contributed by atoms with Gasteiger partial charge in [-0.1, -0.05) is 36.4 Å². The first-order valence-electron chi connectivity index (χ1n) is 9.55. The minimum atomic E-state index is -0.0734. The third-order valence-corrected chi connectivity index (χ3v) is 5.16. The Morgan fingerprint density at radius 3 is 2.71 bits per heavy atom. The van der Waals surface area contributed by atoms with Gasteiger partial charge in [0.2, 0.25) is 0 Å². The van der Waals surface area contributed by atoms with Gasteiger partial charge in [0, 0.05) is 35.9 Å². The summed E-state index contributed by atoms with van der Waals surface area (Å²) in [5.74, 6) is 0.424. The lowest BCUT2D eigenvalue weighted by Gasteiger charge is -2.12. The number of hydrogen-bond donors (Lipinski definition) is 1. The van der Waals surface area contributed by atoms with E-state index in [4.69, 9.17) is 4.98 Å². The summed E-state index contributed by atoms with van der Waals surface area (Å²) in [5.41, 5.74) is 4.59. The van der Waals surface area contributed by atoms with E-state index < -0.39 is 0 Å². The van der Waals surface area contributed by atoms with Gasteiger partial charge in [0.1, 0.15) is 0 Å². The highest BCUT2D eigenvalue weighted by molar-refractivity contribution is 6.06.